The highest BCUT2D eigenvalue weighted by molar-refractivity contribution is 7.18. The number of H-pyrrole nitrogens is 1. The first-order valence-electron chi connectivity index (χ1n) is 7.94. The molecule has 3 N–H and O–H groups in total. The van der Waals surface area contributed by atoms with Gasteiger partial charge in [-0.15, -0.1) is 11.3 Å². The van der Waals surface area contributed by atoms with Gasteiger partial charge in [-0.1, -0.05) is 0 Å². The summed E-state index contributed by atoms with van der Waals surface area (Å²) in [5, 5.41) is 15.5. The zero-order valence-electron chi connectivity index (χ0n) is 13.3. The molecule has 4 rings (SSSR count). The van der Waals surface area contributed by atoms with Gasteiger partial charge in [-0.2, -0.15) is 5.10 Å². The molecule has 7 heteroatoms. The summed E-state index contributed by atoms with van der Waals surface area (Å²) in [6, 6.07) is 2.35. The topological polar surface area (TPSA) is 78.5 Å². The molecule has 0 aliphatic carbocycles. The number of aromatic nitrogens is 4. The molecule has 120 valence electrons. The van der Waals surface area contributed by atoms with Crippen LogP contribution in [-0.4, -0.2) is 32.8 Å². The van der Waals surface area contributed by atoms with Crippen LogP contribution in [0.4, 0.5) is 5.82 Å². The number of fused-ring (bicyclic) bond motifs is 3. The van der Waals surface area contributed by atoms with E-state index >= 15 is 0 Å². The molecule has 0 aromatic carbocycles. The van der Waals surface area contributed by atoms with Crippen LogP contribution in [0.25, 0.3) is 10.2 Å². The summed E-state index contributed by atoms with van der Waals surface area (Å²) < 4.78 is 0. The van der Waals surface area contributed by atoms with Gasteiger partial charge in [0, 0.05) is 29.6 Å². The highest BCUT2D eigenvalue weighted by Crippen LogP contribution is 2.35. The van der Waals surface area contributed by atoms with Crippen LogP contribution in [0.15, 0.2) is 12.4 Å². The molecular weight excluding hydrogens is 308 g/mol. The molecule has 0 radical (unpaired) electrons. The van der Waals surface area contributed by atoms with E-state index < -0.39 is 0 Å². The fourth-order valence-electron chi connectivity index (χ4n) is 3.15. The molecule has 0 fully saturated rings. The van der Waals surface area contributed by atoms with E-state index in [0.29, 0.717) is 0 Å². The third-order valence-corrected chi connectivity index (χ3v) is 5.31. The smallest absolute Gasteiger partial charge is 0.138 e. The maximum atomic E-state index is 4.51. The monoisotopic (exact) mass is 328 g/mol. The molecule has 1 atom stereocenters. The summed E-state index contributed by atoms with van der Waals surface area (Å²) in [4.78, 5) is 11.4. The molecule has 0 saturated carbocycles. The van der Waals surface area contributed by atoms with Gasteiger partial charge in [-0.25, -0.2) is 9.97 Å². The largest absolute Gasteiger partial charge is 0.367 e. The molecule has 3 aromatic heterocycles. The zero-order valence-corrected chi connectivity index (χ0v) is 14.1. The number of aryl methyl sites for hydroxylation is 1. The quantitative estimate of drug-likeness (QED) is 0.685. The summed E-state index contributed by atoms with van der Waals surface area (Å²) in [7, 11) is 0. The van der Waals surface area contributed by atoms with Gasteiger partial charge in [-0.3, -0.25) is 5.10 Å². The first-order valence-corrected chi connectivity index (χ1v) is 8.75. The van der Waals surface area contributed by atoms with Crippen LogP contribution in [0.1, 0.15) is 28.8 Å². The number of hydrogen-bond donors (Lipinski definition) is 3. The SMILES string of the molecule is Cc1cc(C[C@H](C)Nc2ncnc3sc4c(c23)CCNC4)n[nH]1. The van der Waals surface area contributed by atoms with Crippen molar-refractivity contribution in [2.45, 2.75) is 39.3 Å². The highest BCUT2D eigenvalue weighted by atomic mass is 32.1. The lowest BCUT2D eigenvalue weighted by Crippen LogP contribution is -2.23. The molecule has 0 saturated heterocycles. The second-order valence-corrected chi connectivity index (χ2v) is 7.21. The van der Waals surface area contributed by atoms with E-state index in [1.807, 2.05) is 6.92 Å². The van der Waals surface area contributed by atoms with Crippen LogP contribution >= 0.6 is 11.3 Å². The normalized spacial score (nSPS) is 15.6. The summed E-state index contributed by atoms with van der Waals surface area (Å²) in [6.45, 7) is 6.15. The fraction of sp³-hybridized carbons (Fsp3) is 0.438. The van der Waals surface area contributed by atoms with Crippen molar-refractivity contribution < 1.29 is 0 Å². The Labute approximate surface area is 138 Å². The maximum Gasteiger partial charge on any atom is 0.138 e. The third-order valence-electron chi connectivity index (χ3n) is 4.17. The van der Waals surface area contributed by atoms with Crippen molar-refractivity contribution in [3.63, 3.8) is 0 Å². The molecule has 1 aliphatic heterocycles. The van der Waals surface area contributed by atoms with Gasteiger partial charge in [0.2, 0.25) is 0 Å². The van der Waals surface area contributed by atoms with Crippen LogP contribution in [0.5, 0.6) is 0 Å². The number of hydrogen-bond acceptors (Lipinski definition) is 6. The van der Waals surface area contributed by atoms with Crippen molar-refractivity contribution in [1.82, 2.24) is 25.5 Å². The van der Waals surface area contributed by atoms with Gasteiger partial charge in [0.15, 0.2) is 0 Å². The van der Waals surface area contributed by atoms with Crippen LogP contribution in [-0.2, 0) is 19.4 Å². The first kappa shape index (κ1) is 14.6. The van der Waals surface area contributed by atoms with Crippen molar-refractivity contribution in [3.05, 3.63) is 34.2 Å². The summed E-state index contributed by atoms with van der Waals surface area (Å²) >= 11 is 1.78. The molecule has 0 amide bonds. The number of thiophene rings is 1. The number of rotatable bonds is 4. The lowest BCUT2D eigenvalue weighted by atomic mass is 10.1. The molecule has 3 aromatic rings. The molecule has 0 bridgehead atoms. The third kappa shape index (κ3) is 2.82. The second kappa shape index (κ2) is 5.90. The second-order valence-electron chi connectivity index (χ2n) is 6.12. The minimum atomic E-state index is 0.257. The molecule has 0 spiro atoms. The maximum absolute atomic E-state index is 4.51. The Balaban J connectivity index is 1.62. The number of nitrogens with zero attached hydrogens (tertiary/aromatic N) is 3. The van der Waals surface area contributed by atoms with Crippen LogP contribution in [0.2, 0.25) is 0 Å². The van der Waals surface area contributed by atoms with E-state index in [4.69, 9.17) is 0 Å². The Kier molecular flexibility index (Phi) is 3.74. The number of anilines is 1. The molecule has 4 heterocycles. The fourth-order valence-corrected chi connectivity index (χ4v) is 4.30. The van der Waals surface area contributed by atoms with Crippen LogP contribution in [0.3, 0.4) is 0 Å². The van der Waals surface area contributed by atoms with Crippen LogP contribution in [0, 0.1) is 6.92 Å². The molecule has 6 nitrogen and oxygen atoms in total. The minimum absolute atomic E-state index is 0.257. The molecule has 1 aliphatic rings. The van der Waals surface area contributed by atoms with E-state index in [-0.39, 0.29) is 6.04 Å². The van der Waals surface area contributed by atoms with E-state index in [1.54, 1.807) is 17.7 Å². The number of aromatic amines is 1. The van der Waals surface area contributed by atoms with Gasteiger partial charge in [0.1, 0.15) is 17.0 Å². The van der Waals surface area contributed by atoms with Crippen LogP contribution < -0.4 is 10.6 Å². The lowest BCUT2D eigenvalue weighted by molar-refractivity contribution is 0.657. The average molecular weight is 328 g/mol. The standard InChI is InChI=1S/C16H20N6S/c1-9(5-11-6-10(2)21-22-11)20-15-14-12-3-4-17-7-13(12)23-16(14)19-8-18-15/h6,8-9,17H,3-5,7H2,1-2H3,(H,21,22)(H,18,19,20)/t9-/m0/s1. The van der Waals surface area contributed by atoms with Gasteiger partial charge in [0.05, 0.1) is 11.1 Å². The van der Waals surface area contributed by atoms with Crippen molar-refractivity contribution in [2.24, 2.45) is 0 Å². The van der Waals surface area contributed by atoms with Crippen molar-refractivity contribution in [2.75, 3.05) is 11.9 Å². The molecular formula is C16H20N6S. The number of nitrogens with one attached hydrogen (secondary N) is 3. The van der Waals surface area contributed by atoms with E-state index in [1.165, 1.54) is 15.8 Å². The Morgan fingerprint density at radius 2 is 2.30 bits per heavy atom. The highest BCUT2D eigenvalue weighted by Gasteiger charge is 2.20. The zero-order chi connectivity index (χ0) is 15.8. The Morgan fingerprint density at radius 1 is 1.39 bits per heavy atom. The Morgan fingerprint density at radius 3 is 3.13 bits per heavy atom. The van der Waals surface area contributed by atoms with E-state index in [2.05, 4.69) is 43.8 Å². The summed E-state index contributed by atoms with van der Waals surface area (Å²) in [5.74, 6) is 0.953. The Hall–Kier alpha value is -1.99. The van der Waals surface area contributed by atoms with Crippen molar-refractivity contribution in [1.29, 1.82) is 0 Å². The molecule has 23 heavy (non-hydrogen) atoms. The lowest BCUT2D eigenvalue weighted by Gasteiger charge is -2.16. The molecule has 0 unspecified atom stereocenters. The minimum Gasteiger partial charge on any atom is -0.367 e. The van der Waals surface area contributed by atoms with Crippen molar-refractivity contribution >= 4 is 27.4 Å². The van der Waals surface area contributed by atoms with E-state index in [9.17, 15) is 0 Å². The van der Waals surface area contributed by atoms with Gasteiger partial charge < -0.3 is 10.6 Å². The Bertz CT molecular complexity index is 836. The summed E-state index contributed by atoms with van der Waals surface area (Å²) in [5.41, 5.74) is 3.58. The predicted octanol–water partition coefficient (Wildman–Crippen LogP) is 2.41. The predicted molar refractivity (Wildman–Crippen MR) is 92.9 cm³/mol. The van der Waals surface area contributed by atoms with Gasteiger partial charge in [0.25, 0.3) is 0 Å². The van der Waals surface area contributed by atoms with Crippen molar-refractivity contribution in [3.8, 4) is 0 Å². The first-order chi connectivity index (χ1) is 11.2. The van der Waals surface area contributed by atoms with Gasteiger partial charge >= 0.3 is 0 Å². The average Bonchev–Trinajstić information content (AvgIpc) is 3.11. The van der Waals surface area contributed by atoms with Gasteiger partial charge in [-0.05, 0) is 38.4 Å². The van der Waals surface area contributed by atoms with E-state index in [0.717, 1.165) is 48.0 Å². The summed E-state index contributed by atoms with van der Waals surface area (Å²) in [6.07, 6.45) is 3.57.